The molecule has 0 N–H and O–H groups in total. The van der Waals surface area contributed by atoms with Crippen LogP contribution in [0.15, 0.2) is 16.6 Å². The van der Waals surface area contributed by atoms with Gasteiger partial charge in [-0.2, -0.15) is 5.26 Å². The minimum absolute atomic E-state index is 0.246. The molecule has 0 amide bonds. The lowest BCUT2D eigenvalue weighted by atomic mass is 10.0. The minimum Gasteiger partial charge on any atom is -0.465 e. The van der Waals surface area contributed by atoms with Crippen LogP contribution in [0.4, 0.5) is 8.78 Å². The number of ether oxygens (including phenoxy) is 1. The van der Waals surface area contributed by atoms with Crippen LogP contribution in [0.3, 0.4) is 0 Å². The van der Waals surface area contributed by atoms with Gasteiger partial charge in [0.25, 0.3) is 6.43 Å². The molecular weight excluding hydrogens is 284 g/mol. The molecule has 3 nitrogen and oxygen atoms in total. The van der Waals surface area contributed by atoms with E-state index in [0.29, 0.717) is 4.47 Å². The van der Waals surface area contributed by atoms with Crippen LogP contribution < -0.4 is 0 Å². The Morgan fingerprint density at radius 3 is 2.62 bits per heavy atom. The van der Waals surface area contributed by atoms with Crippen LogP contribution in [0, 0.1) is 11.3 Å². The maximum Gasteiger partial charge on any atom is 0.338 e. The molecule has 0 saturated heterocycles. The minimum atomic E-state index is -2.91. The van der Waals surface area contributed by atoms with Crippen LogP contribution in [-0.2, 0) is 4.74 Å². The summed E-state index contributed by atoms with van der Waals surface area (Å²) in [5, 5.41) is 8.71. The van der Waals surface area contributed by atoms with E-state index < -0.39 is 18.0 Å². The summed E-state index contributed by atoms with van der Waals surface area (Å²) in [6.45, 7) is 0. The largest absolute Gasteiger partial charge is 0.465 e. The van der Waals surface area contributed by atoms with Gasteiger partial charge >= 0.3 is 5.97 Å². The average molecular weight is 290 g/mol. The first kappa shape index (κ1) is 12.6. The van der Waals surface area contributed by atoms with Crippen molar-refractivity contribution in [2.45, 2.75) is 6.43 Å². The fraction of sp³-hybridized carbons (Fsp3) is 0.200. The second-order valence-corrected chi connectivity index (χ2v) is 3.73. The number of nitriles is 1. The van der Waals surface area contributed by atoms with Crippen molar-refractivity contribution in [2.75, 3.05) is 7.11 Å². The van der Waals surface area contributed by atoms with E-state index in [2.05, 4.69) is 20.7 Å². The maximum atomic E-state index is 12.7. The Balaban J connectivity index is 3.52. The maximum absolute atomic E-state index is 12.7. The summed E-state index contributed by atoms with van der Waals surface area (Å²) in [5.41, 5.74) is -1.15. The number of esters is 1. The molecule has 0 bridgehead atoms. The lowest BCUT2D eigenvalue weighted by molar-refractivity contribution is 0.0589. The fourth-order valence-electron chi connectivity index (χ4n) is 1.22. The van der Waals surface area contributed by atoms with Crippen LogP contribution in [0.2, 0.25) is 0 Å². The zero-order valence-corrected chi connectivity index (χ0v) is 9.72. The van der Waals surface area contributed by atoms with Crippen molar-refractivity contribution in [3.63, 3.8) is 0 Å². The Morgan fingerprint density at radius 2 is 2.19 bits per heavy atom. The average Bonchev–Trinajstić information content (AvgIpc) is 2.26. The van der Waals surface area contributed by atoms with Crippen LogP contribution >= 0.6 is 15.9 Å². The number of nitrogens with zero attached hydrogens (tertiary/aromatic N) is 1. The molecule has 0 fully saturated rings. The van der Waals surface area contributed by atoms with E-state index in [0.717, 1.165) is 7.11 Å². The standard InChI is InChI=1S/C10H6BrF2NO2/c1-16-10(15)7-3-6(11)2-5(4-14)8(7)9(12)13/h2-3,9H,1H3. The fourth-order valence-corrected chi connectivity index (χ4v) is 1.68. The van der Waals surface area contributed by atoms with E-state index >= 15 is 0 Å². The second-order valence-electron chi connectivity index (χ2n) is 2.82. The predicted molar refractivity (Wildman–Crippen MR) is 55.2 cm³/mol. The van der Waals surface area contributed by atoms with E-state index in [1.807, 2.05) is 0 Å². The van der Waals surface area contributed by atoms with Gasteiger partial charge in [-0.3, -0.25) is 0 Å². The number of hydrogen-bond acceptors (Lipinski definition) is 3. The third kappa shape index (κ3) is 2.36. The van der Waals surface area contributed by atoms with Gasteiger partial charge in [0.05, 0.1) is 29.9 Å². The number of carbonyl (C=O) groups is 1. The molecule has 0 aliphatic carbocycles. The molecule has 0 aromatic heterocycles. The highest BCUT2D eigenvalue weighted by Gasteiger charge is 2.23. The van der Waals surface area contributed by atoms with Gasteiger partial charge in [-0.25, -0.2) is 13.6 Å². The molecule has 1 rings (SSSR count). The Bertz CT molecular complexity index is 469. The molecule has 84 valence electrons. The van der Waals surface area contributed by atoms with Crippen molar-refractivity contribution in [3.05, 3.63) is 33.3 Å². The molecule has 0 unspecified atom stereocenters. The first-order chi connectivity index (χ1) is 7.51. The Hall–Kier alpha value is -1.48. The van der Waals surface area contributed by atoms with Gasteiger partial charge in [0.2, 0.25) is 0 Å². The summed E-state index contributed by atoms with van der Waals surface area (Å²) in [7, 11) is 1.09. The number of halogens is 3. The van der Waals surface area contributed by atoms with Crippen molar-refractivity contribution in [1.82, 2.24) is 0 Å². The van der Waals surface area contributed by atoms with Gasteiger partial charge in [-0.1, -0.05) is 15.9 Å². The number of carbonyl (C=O) groups excluding carboxylic acids is 1. The summed E-state index contributed by atoms with van der Waals surface area (Å²) in [5.74, 6) is -0.895. The molecule has 0 aliphatic heterocycles. The lowest BCUT2D eigenvalue weighted by Crippen LogP contribution is -2.08. The van der Waals surface area contributed by atoms with Crippen molar-refractivity contribution < 1.29 is 18.3 Å². The van der Waals surface area contributed by atoms with E-state index in [1.165, 1.54) is 12.1 Å². The van der Waals surface area contributed by atoms with Crippen molar-refractivity contribution >= 4 is 21.9 Å². The third-order valence-electron chi connectivity index (χ3n) is 1.89. The van der Waals surface area contributed by atoms with Crippen LogP contribution in [-0.4, -0.2) is 13.1 Å². The quantitative estimate of drug-likeness (QED) is 0.786. The highest BCUT2D eigenvalue weighted by Crippen LogP contribution is 2.30. The van der Waals surface area contributed by atoms with Gasteiger partial charge in [-0.15, -0.1) is 0 Å². The second kappa shape index (κ2) is 5.03. The molecule has 1 aromatic carbocycles. The highest BCUT2D eigenvalue weighted by molar-refractivity contribution is 9.10. The van der Waals surface area contributed by atoms with Crippen LogP contribution in [0.5, 0.6) is 0 Å². The summed E-state index contributed by atoms with van der Waals surface area (Å²) in [6.07, 6.45) is -2.91. The Labute approximate surface area is 98.8 Å². The van der Waals surface area contributed by atoms with E-state index in [-0.39, 0.29) is 11.1 Å². The molecule has 0 saturated carbocycles. The van der Waals surface area contributed by atoms with Gasteiger partial charge in [0.15, 0.2) is 0 Å². The molecule has 16 heavy (non-hydrogen) atoms. The molecule has 0 aliphatic rings. The first-order valence-corrected chi connectivity index (χ1v) is 4.90. The number of alkyl halides is 2. The number of methoxy groups -OCH3 is 1. The number of benzene rings is 1. The summed E-state index contributed by atoms with van der Waals surface area (Å²) in [6, 6.07) is 4.05. The Morgan fingerprint density at radius 1 is 1.56 bits per heavy atom. The van der Waals surface area contributed by atoms with E-state index in [4.69, 9.17) is 5.26 Å². The summed E-state index contributed by atoms with van der Waals surface area (Å²) in [4.78, 5) is 11.3. The summed E-state index contributed by atoms with van der Waals surface area (Å²) >= 11 is 3.03. The first-order valence-electron chi connectivity index (χ1n) is 4.11. The molecule has 0 spiro atoms. The normalized spacial score (nSPS) is 10.0. The van der Waals surface area contributed by atoms with Crippen molar-refractivity contribution in [2.24, 2.45) is 0 Å². The molecule has 0 radical (unpaired) electrons. The zero-order chi connectivity index (χ0) is 12.3. The van der Waals surface area contributed by atoms with Crippen LogP contribution in [0.1, 0.15) is 27.9 Å². The predicted octanol–water partition coefficient (Wildman–Crippen LogP) is 3.04. The van der Waals surface area contributed by atoms with Gasteiger partial charge < -0.3 is 4.74 Å². The zero-order valence-electron chi connectivity index (χ0n) is 8.13. The topological polar surface area (TPSA) is 50.1 Å². The van der Waals surface area contributed by atoms with Crippen molar-refractivity contribution in [1.29, 1.82) is 5.26 Å². The SMILES string of the molecule is COC(=O)c1cc(Br)cc(C#N)c1C(F)F. The number of hydrogen-bond donors (Lipinski definition) is 0. The lowest BCUT2D eigenvalue weighted by Gasteiger charge is -2.09. The van der Waals surface area contributed by atoms with Crippen molar-refractivity contribution in [3.8, 4) is 6.07 Å². The molecule has 6 heteroatoms. The smallest absolute Gasteiger partial charge is 0.338 e. The third-order valence-corrected chi connectivity index (χ3v) is 2.35. The van der Waals surface area contributed by atoms with Gasteiger partial charge in [-0.05, 0) is 12.1 Å². The molecular formula is C10H6BrF2NO2. The van der Waals surface area contributed by atoms with E-state index in [9.17, 15) is 13.6 Å². The van der Waals surface area contributed by atoms with Crippen LogP contribution in [0.25, 0.3) is 0 Å². The Kier molecular flexibility index (Phi) is 3.96. The monoisotopic (exact) mass is 289 g/mol. The van der Waals surface area contributed by atoms with Gasteiger partial charge in [0.1, 0.15) is 0 Å². The highest BCUT2D eigenvalue weighted by atomic mass is 79.9. The molecule has 0 atom stereocenters. The summed E-state index contributed by atoms with van der Waals surface area (Å²) < 4.78 is 30.2. The van der Waals surface area contributed by atoms with Gasteiger partial charge in [0, 0.05) is 4.47 Å². The molecule has 1 aromatic rings. The number of rotatable bonds is 2. The van der Waals surface area contributed by atoms with E-state index in [1.54, 1.807) is 6.07 Å². The molecule has 0 heterocycles.